The summed E-state index contributed by atoms with van der Waals surface area (Å²) in [6.45, 7) is 2.89. The van der Waals surface area contributed by atoms with E-state index in [0.717, 1.165) is 13.8 Å². The molecule has 28 heavy (non-hydrogen) atoms. The summed E-state index contributed by atoms with van der Waals surface area (Å²) in [7, 11) is 0. The van der Waals surface area contributed by atoms with Gasteiger partial charge in [0.1, 0.15) is 18.8 Å². The zero-order valence-electron chi connectivity index (χ0n) is 15.5. The molecule has 14 nitrogen and oxygen atoms in total. The van der Waals surface area contributed by atoms with Crippen molar-refractivity contribution >= 4 is 17.9 Å². The number of esters is 3. The highest BCUT2D eigenvalue weighted by Crippen LogP contribution is 2.29. The van der Waals surface area contributed by atoms with Crippen molar-refractivity contribution in [1.29, 1.82) is 0 Å². The minimum Gasteiger partial charge on any atom is -0.463 e. The third-order valence-corrected chi connectivity index (χ3v) is 3.39. The van der Waals surface area contributed by atoms with Crippen molar-refractivity contribution in [1.82, 2.24) is 0 Å². The fourth-order valence-electron chi connectivity index (χ4n) is 2.48. The Hall–Kier alpha value is -3.05. The molecule has 1 aliphatic heterocycles. The Morgan fingerprint density at radius 2 is 1.61 bits per heavy atom. The second kappa shape index (κ2) is 11.6. The van der Waals surface area contributed by atoms with Crippen LogP contribution in [0, 0.1) is 0 Å². The van der Waals surface area contributed by atoms with Crippen LogP contribution in [-0.4, -0.2) is 68.3 Å². The topological polar surface area (TPSA) is 195 Å². The molecule has 0 amide bonds. The number of carbonyl (C=O) groups is 3. The van der Waals surface area contributed by atoms with Gasteiger partial charge in [-0.05, 0) is 11.1 Å². The van der Waals surface area contributed by atoms with Gasteiger partial charge < -0.3 is 23.7 Å². The third-order valence-electron chi connectivity index (χ3n) is 3.39. The molecule has 0 N–H and O–H groups in total. The number of nitrogens with zero attached hydrogens (tertiary/aromatic N) is 6. The molecule has 1 aliphatic rings. The van der Waals surface area contributed by atoms with Crippen molar-refractivity contribution < 1.29 is 38.1 Å². The highest BCUT2D eigenvalue weighted by atomic mass is 16.7. The third kappa shape index (κ3) is 7.29. The van der Waals surface area contributed by atoms with Gasteiger partial charge in [-0.25, -0.2) is 0 Å². The molecule has 1 saturated heterocycles. The summed E-state index contributed by atoms with van der Waals surface area (Å²) in [5.41, 5.74) is 17.1. The van der Waals surface area contributed by atoms with Crippen LogP contribution in [0.2, 0.25) is 0 Å². The second-order valence-corrected chi connectivity index (χ2v) is 5.51. The van der Waals surface area contributed by atoms with Gasteiger partial charge in [-0.2, -0.15) is 0 Å². The fourth-order valence-corrected chi connectivity index (χ4v) is 2.48. The maximum absolute atomic E-state index is 11.6. The van der Waals surface area contributed by atoms with E-state index in [1.165, 1.54) is 6.92 Å². The van der Waals surface area contributed by atoms with Gasteiger partial charge in [-0.3, -0.25) is 14.4 Å². The Kier molecular flexibility index (Phi) is 9.54. The first-order chi connectivity index (χ1) is 13.3. The molecule has 0 aromatic carbocycles. The monoisotopic (exact) mass is 400 g/mol. The minimum atomic E-state index is -1.30. The Bertz CT molecular complexity index is 673. The molecule has 0 aromatic heterocycles. The Labute approximate surface area is 159 Å². The summed E-state index contributed by atoms with van der Waals surface area (Å²) < 4.78 is 26.4. The van der Waals surface area contributed by atoms with Gasteiger partial charge >= 0.3 is 17.9 Å². The number of carbonyl (C=O) groups excluding carboxylic acids is 3. The highest BCUT2D eigenvalue weighted by molar-refractivity contribution is 5.67. The lowest BCUT2D eigenvalue weighted by Gasteiger charge is -2.43. The van der Waals surface area contributed by atoms with Crippen molar-refractivity contribution in [2.75, 3.05) is 19.8 Å². The predicted molar refractivity (Wildman–Crippen MR) is 89.3 cm³/mol. The SMILES string of the molecule is CC(=O)OC[C@H]1O[C@H](N=[N+]=[N-])[C@@H](OCCN=[N+]=[N-])[C@@H](OC(C)=O)[C@@H]1OC(C)=O. The maximum Gasteiger partial charge on any atom is 0.303 e. The lowest BCUT2D eigenvalue weighted by molar-refractivity contribution is -0.254. The maximum atomic E-state index is 11.6. The summed E-state index contributed by atoms with van der Waals surface area (Å²) in [4.78, 5) is 39.5. The number of hydrogen-bond acceptors (Lipinski definition) is 10. The average Bonchev–Trinajstić information content (AvgIpc) is 2.60. The summed E-state index contributed by atoms with van der Waals surface area (Å²) >= 11 is 0. The van der Waals surface area contributed by atoms with Gasteiger partial charge in [0, 0.05) is 37.1 Å². The van der Waals surface area contributed by atoms with Crippen molar-refractivity contribution in [2.45, 2.75) is 51.4 Å². The molecule has 0 unspecified atom stereocenters. The van der Waals surface area contributed by atoms with E-state index in [-0.39, 0.29) is 19.8 Å². The molecule has 14 heteroatoms. The van der Waals surface area contributed by atoms with Crippen LogP contribution in [0.1, 0.15) is 20.8 Å². The number of ether oxygens (including phenoxy) is 5. The predicted octanol–water partition coefficient (Wildman–Crippen LogP) is 1.14. The molecule has 1 fully saturated rings. The molecule has 154 valence electrons. The van der Waals surface area contributed by atoms with Crippen LogP contribution >= 0.6 is 0 Å². The van der Waals surface area contributed by atoms with E-state index >= 15 is 0 Å². The zero-order valence-corrected chi connectivity index (χ0v) is 15.5. The molecule has 0 radical (unpaired) electrons. The van der Waals surface area contributed by atoms with E-state index in [1.807, 2.05) is 0 Å². The summed E-state index contributed by atoms with van der Waals surface area (Å²) in [5, 5.41) is 6.78. The lowest BCUT2D eigenvalue weighted by Crippen LogP contribution is -2.61. The van der Waals surface area contributed by atoms with Crippen LogP contribution in [0.15, 0.2) is 10.2 Å². The first-order valence-electron chi connectivity index (χ1n) is 8.10. The van der Waals surface area contributed by atoms with Gasteiger partial charge in [0.25, 0.3) is 0 Å². The van der Waals surface area contributed by atoms with E-state index < -0.39 is 48.6 Å². The van der Waals surface area contributed by atoms with E-state index in [0.29, 0.717) is 0 Å². The van der Waals surface area contributed by atoms with Gasteiger partial charge in [0.2, 0.25) is 0 Å². The van der Waals surface area contributed by atoms with Crippen LogP contribution < -0.4 is 0 Å². The van der Waals surface area contributed by atoms with E-state index in [9.17, 15) is 14.4 Å². The Morgan fingerprint density at radius 3 is 2.14 bits per heavy atom. The smallest absolute Gasteiger partial charge is 0.303 e. The lowest BCUT2D eigenvalue weighted by atomic mass is 9.97. The molecular weight excluding hydrogens is 380 g/mol. The molecule has 0 aromatic rings. The van der Waals surface area contributed by atoms with E-state index in [2.05, 4.69) is 20.1 Å². The molecule has 0 spiro atoms. The molecule has 1 rings (SSSR count). The molecule has 0 saturated carbocycles. The van der Waals surface area contributed by atoms with E-state index in [4.69, 9.17) is 34.7 Å². The number of rotatable bonds is 9. The van der Waals surface area contributed by atoms with Crippen LogP contribution in [0.5, 0.6) is 0 Å². The number of azide groups is 2. The highest BCUT2D eigenvalue weighted by Gasteiger charge is 2.50. The van der Waals surface area contributed by atoms with Gasteiger partial charge in [-0.15, -0.1) is 0 Å². The first-order valence-corrected chi connectivity index (χ1v) is 8.10. The molecule has 0 bridgehead atoms. The zero-order chi connectivity index (χ0) is 21.1. The van der Waals surface area contributed by atoms with Crippen molar-refractivity contribution in [2.24, 2.45) is 10.2 Å². The van der Waals surface area contributed by atoms with Crippen LogP contribution in [0.4, 0.5) is 0 Å². The molecule has 0 aliphatic carbocycles. The normalized spacial score (nSPS) is 26.2. The molecule has 1 heterocycles. The second-order valence-electron chi connectivity index (χ2n) is 5.51. The van der Waals surface area contributed by atoms with Gasteiger partial charge in [0.15, 0.2) is 18.4 Å². The van der Waals surface area contributed by atoms with E-state index in [1.54, 1.807) is 0 Å². The first kappa shape index (κ1) is 23.0. The summed E-state index contributed by atoms with van der Waals surface area (Å²) in [6.07, 6.45) is -6.02. The van der Waals surface area contributed by atoms with Crippen LogP contribution in [-0.2, 0) is 38.1 Å². The molecular formula is C14H20N6O8. The van der Waals surface area contributed by atoms with Crippen molar-refractivity contribution in [3.8, 4) is 0 Å². The van der Waals surface area contributed by atoms with Crippen LogP contribution in [0.3, 0.4) is 0 Å². The van der Waals surface area contributed by atoms with Gasteiger partial charge in [0.05, 0.1) is 6.61 Å². The van der Waals surface area contributed by atoms with Crippen molar-refractivity contribution in [3.05, 3.63) is 20.9 Å². The van der Waals surface area contributed by atoms with Crippen molar-refractivity contribution in [3.63, 3.8) is 0 Å². The molecule has 5 atom stereocenters. The number of hydrogen-bond donors (Lipinski definition) is 0. The fraction of sp³-hybridized carbons (Fsp3) is 0.786. The quantitative estimate of drug-likeness (QED) is 0.137. The largest absolute Gasteiger partial charge is 0.463 e. The Balaban J connectivity index is 3.21. The average molecular weight is 400 g/mol. The standard InChI is InChI=1S/C14H20N6O8/c1-7(21)25-6-10-11(26-8(2)22)12(27-9(3)23)13(14(28-10)18-20-16)24-5-4-17-19-15/h10-14H,4-6H2,1-3H3/t10-,11-,12+,13+,14+/m1/s1. The summed E-state index contributed by atoms with van der Waals surface area (Å²) in [6, 6.07) is 0. The Morgan fingerprint density at radius 1 is 0.964 bits per heavy atom. The van der Waals surface area contributed by atoms with Crippen LogP contribution in [0.25, 0.3) is 20.9 Å². The minimum absolute atomic E-state index is 0.0577. The summed E-state index contributed by atoms with van der Waals surface area (Å²) in [5.74, 6) is -2.06. The van der Waals surface area contributed by atoms with Gasteiger partial charge in [-0.1, -0.05) is 10.2 Å².